The van der Waals surface area contributed by atoms with E-state index in [2.05, 4.69) is 0 Å². The van der Waals surface area contributed by atoms with Crippen molar-refractivity contribution in [1.82, 2.24) is 0 Å². The zero-order valence-corrected chi connectivity index (χ0v) is 12.5. The molecule has 1 aromatic carbocycles. The van der Waals surface area contributed by atoms with Gasteiger partial charge in [-0.05, 0) is 36.8 Å². The van der Waals surface area contributed by atoms with E-state index in [1.165, 1.54) is 37.5 Å². The lowest BCUT2D eigenvalue weighted by Gasteiger charge is -2.45. The number of hydrogen-bond acceptors (Lipinski definition) is 1. The van der Waals surface area contributed by atoms with Crippen LogP contribution in [-0.4, -0.2) is 5.11 Å². The highest BCUT2D eigenvalue weighted by Crippen LogP contribution is 2.49. The first-order chi connectivity index (χ1) is 10.1. The van der Waals surface area contributed by atoms with Crippen LogP contribution in [0.4, 0.5) is 8.78 Å². The molecule has 3 rings (SSSR count). The summed E-state index contributed by atoms with van der Waals surface area (Å²) >= 11 is 0. The normalized spacial score (nSPS) is 31.3. The molecule has 2 unspecified atom stereocenters. The van der Waals surface area contributed by atoms with E-state index in [-0.39, 0.29) is 11.5 Å². The molecule has 1 aromatic rings. The topological polar surface area (TPSA) is 20.2 Å². The average molecular weight is 294 g/mol. The molecule has 0 radical (unpaired) electrons. The van der Waals surface area contributed by atoms with Gasteiger partial charge in [-0.2, -0.15) is 0 Å². The van der Waals surface area contributed by atoms with Gasteiger partial charge in [-0.25, -0.2) is 8.78 Å². The molecular weight excluding hydrogens is 270 g/mol. The molecule has 2 aliphatic carbocycles. The lowest BCUT2D eigenvalue weighted by Crippen LogP contribution is -2.43. The van der Waals surface area contributed by atoms with Crippen LogP contribution in [0.1, 0.15) is 63.4 Å². The number of halogens is 2. The van der Waals surface area contributed by atoms with Gasteiger partial charge in [0.1, 0.15) is 11.6 Å². The second kappa shape index (κ2) is 6.04. The highest BCUT2D eigenvalue weighted by Gasteiger charge is 2.47. The summed E-state index contributed by atoms with van der Waals surface area (Å²) in [6, 6.07) is 3.90. The van der Waals surface area contributed by atoms with Crippen LogP contribution >= 0.6 is 0 Å². The Kier molecular flexibility index (Phi) is 4.30. The summed E-state index contributed by atoms with van der Waals surface area (Å²) in [5.74, 6) is -0.790. The second-order valence-electron chi connectivity index (χ2n) is 6.77. The lowest BCUT2D eigenvalue weighted by molar-refractivity contribution is -0.0879. The predicted octanol–water partition coefficient (Wildman–Crippen LogP) is 4.92. The van der Waals surface area contributed by atoms with Crippen molar-refractivity contribution < 1.29 is 13.9 Å². The van der Waals surface area contributed by atoms with E-state index in [0.29, 0.717) is 12.3 Å². The molecule has 0 heterocycles. The van der Waals surface area contributed by atoms with Gasteiger partial charge < -0.3 is 5.11 Å². The molecular formula is C18H24F2O. The molecule has 0 bridgehead atoms. The van der Waals surface area contributed by atoms with Crippen molar-refractivity contribution in [3.63, 3.8) is 0 Å². The molecule has 2 aliphatic rings. The molecule has 1 N–H and O–H groups in total. The van der Waals surface area contributed by atoms with Crippen molar-refractivity contribution in [3.05, 3.63) is 35.4 Å². The van der Waals surface area contributed by atoms with Gasteiger partial charge in [0.2, 0.25) is 0 Å². The fraction of sp³-hybridized carbons (Fsp3) is 0.667. The summed E-state index contributed by atoms with van der Waals surface area (Å²) in [5.41, 5.74) is -1.41. The summed E-state index contributed by atoms with van der Waals surface area (Å²) in [7, 11) is 0. The third-order valence-corrected chi connectivity index (χ3v) is 5.55. The first-order valence-corrected chi connectivity index (χ1v) is 8.30. The van der Waals surface area contributed by atoms with Crippen molar-refractivity contribution in [2.45, 2.75) is 63.4 Å². The summed E-state index contributed by atoms with van der Waals surface area (Å²) in [6.45, 7) is 0. The summed E-state index contributed by atoms with van der Waals surface area (Å²) < 4.78 is 28.4. The average Bonchev–Trinajstić information content (AvgIpc) is 2.48. The molecule has 116 valence electrons. The zero-order valence-electron chi connectivity index (χ0n) is 12.5. The van der Waals surface area contributed by atoms with Gasteiger partial charge in [-0.3, -0.25) is 0 Å². The van der Waals surface area contributed by atoms with Crippen LogP contribution in [-0.2, 0) is 5.60 Å². The number of aliphatic hydroxyl groups is 1. The Morgan fingerprint density at radius 1 is 0.905 bits per heavy atom. The first kappa shape index (κ1) is 15.0. The molecule has 0 aliphatic heterocycles. The van der Waals surface area contributed by atoms with Gasteiger partial charge in [0, 0.05) is 0 Å². The Labute approximate surface area is 125 Å². The molecule has 3 heteroatoms. The smallest absolute Gasteiger partial charge is 0.132 e. The maximum Gasteiger partial charge on any atom is 0.132 e. The minimum Gasteiger partial charge on any atom is -0.385 e. The minimum atomic E-state index is -1.32. The maximum absolute atomic E-state index is 14.2. The van der Waals surface area contributed by atoms with Gasteiger partial charge in [-0.15, -0.1) is 0 Å². The zero-order chi connectivity index (χ0) is 14.9. The highest BCUT2D eigenvalue weighted by atomic mass is 19.1. The third-order valence-electron chi connectivity index (χ3n) is 5.55. The Hall–Kier alpha value is -0.960. The van der Waals surface area contributed by atoms with Crippen LogP contribution in [0.25, 0.3) is 0 Å². The summed E-state index contributed by atoms with van der Waals surface area (Å²) in [5, 5.41) is 11.2. The third kappa shape index (κ3) is 2.73. The SMILES string of the molecule is OC1(c2c(F)cccc2F)CCCCC1C1CCCCC1. The molecule has 21 heavy (non-hydrogen) atoms. The van der Waals surface area contributed by atoms with E-state index < -0.39 is 17.2 Å². The molecule has 2 saturated carbocycles. The number of hydrogen-bond donors (Lipinski definition) is 1. The molecule has 2 atom stereocenters. The van der Waals surface area contributed by atoms with Crippen molar-refractivity contribution in [2.75, 3.05) is 0 Å². The van der Waals surface area contributed by atoms with Gasteiger partial charge in [0.05, 0.1) is 11.2 Å². The van der Waals surface area contributed by atoms with Crippen LogP contribution in [0.15, 0.2) is 18.2 Å². The fourth-order valence-electron chi connectivity index (χ4n) is 4.57. The number of benzene rings is 1. The molecule has 1 nitrogen and oxygen atoms in total. The van der Waals surface area contributed by atoms with Gasteiger partial charge in [-0.1, -0.05) is 51.0 Å². The maximum atomic E-state index is 14.2. The van der Waals surface area contributed by atoms with Crippen molar-refractivity contribution in [1.29, 1.82) is 0 Å². The molecule has 0 amide bonds. The number of rotatable bonds is 2. The lowest BCUT2D eigenvalue weighted by atomic mass is 9.63. The first-order valence-electron chi connectivity index (χ1n) is 8.30. The highest BCUT2D eigenvalue weighted by molar-refractivity contribution is 5.28. The van der Waals surface area contributed by atoms with Crippen LogP contribution < -0.4 is 0 Å². The fourth-order valence-corrected chi connectivity index (χ4v) is 4.57. The Balaban J connectivity index is 1.98. The minimum absolute atomic E-state index is 0.00190. The summed E-state index contributed by atoms with van der Waals surface area (Å²) in [4.78, 5) is 0. The quantitative estimate of drug-likeness (QED) is 0.820. The van der Waals surface area contributed by atoms with Gasteiger partial charge >= 0.3 is 0 Å². The Morgan fingerprint density at radius 2 is 1.52 bits per heavy atom. The van der Waals surface area contributed by atoms with Crippen molar-refractivity contribution in [3.8, 4) is 0 Å². The van der Waals surface area contributed by atoms with Crippen LogP contribution in [0.2, 0.25) is 0 Å². The predicted molar refractivity (Wildman–Crippen MR) is 78.8 cm³/mol. The van der Waals surface area contributed by atoms with Gasteiger partial charge in [0.15, 0.2) is 0 Å². The Bertz CT molecular complexity index is 476. The monoisotopic (exact) mass is 294 g/mol. The van der Waals surface area contributed by atoms with E-state index in [1.807, 2.05) is 0 Å². The van der Waals surface area contributed by atoms with E-state index in [1.54, 1.807) is 0 Å². The van der Waals surface area contributed by atoms with E-state index in [0.717, 1.165) is 32.1 Å². The summed E-state index contributed by atoms with van der Waals surface area (Å²) in [6.07, 6.45) is 9.03. The van der Waals surface area contributed by atoms with Gasteiger partial charge in [0.25, 0.3) is 0 Å². The van der Waals surface area contributed by atoms with E-state index >= 15 is 0 Å². The van der Waals surface area contributed by atoms with Crippen molar-refractivity contribution in [2.24, 2.45) is 11.8 Å². The molecule has 0 spiro atoms. The largest absolute Gasteiger partial charge is 0.385 e. The van der Waals surface area contributed by atoms with E-state index in [4.69, 9.17) is 0 Å². The Morgan fingerprint density at radius 3 is 2.19 bits per heavy atom. The van der Waals surface area contributed by atoms with Crippen LogP contribution in [0.5, 0.6) is 0 Å². The van der Waals surface area contributed by atoms with Crippen LogP contribution in [0, 0.1) is 23.5 Å². The van der Waals surface area contributed by atoms with Crippen molar-refractivity contribution >= 4 is 0 Å². The standard InChI is InChI=1S/C18H24F2O/c19-15-10-6-11-16(20)17(15)18(21)12-5-4-9-14(18)13-7-2-1-3-8-13/h6,10-11,13-14,21H,1-5,7-9,12H2. The van der Waals surface area contributed by atoms with Crippen LogP contribution in [0.3, 0.4) is 0 Å². The van der Waals surface area contributed by atoms with E-state index in [9.17, 15) is 13.9 Å². The molecule has 2 fully saturated rings. The second-order valence-corrected chi connectivity index (χ2v) is 6.77. The molecule has 0 aromatic heterocycles. The molecule has 0 saturated heterocycles.